The van der Waals surface area contributed by atoms with Gasteiger partial charge in [-0.05, 0) is 32.6 Å². The first-order chi connectivity index (χ1) is 11.6. The molecular weight excluding hydrogens is 339 g/mol. The molecule has 1 saturated heterocycles. The van der Waals surface area contributed by atoms with Crippen molar-refractivity contribution < 1.29 is 27.9 Å². The highest BCUT2D eigenvalue weighted by Gasteiger charge is 2.31. The molecule has 0 saturated carbocycles. The fourth-order valence-electron chi connectivity index (χ4n) is 3.28. The van der Waals surface area contributed by atoms with Gasteiger partial charge >= 0.3 is 12.1 Å². The normalized spacial score (nSPS) is 18.4. The molecule has 1 aromatic rings. The molecule has 1 amide bonds. The molecule has 0 bridgehead atoms. The number of rotatable bonds is 5. The summed E-state index contributed by atoms with van der Waals surface area (Å²) in [5, 5.41) is 12.8. The molecule has 140 valence electrons. The molecule has 1 fully saturated rings. The van der Waals surface area contributed by atoms with Gasteiger partial charge in [-0.15, -0.1) is 0 Å². The molecule has 2 rings (SSSR count). The Morgan fingerprint density at radius 1 is 1.32 bits per heavy atom. The van der Waals surface area contributed by atoms with E-state index in [1.807, 2.05) is 0 Å². The van der Waals surface area contributed by atoms with E-state index in [0.717, 1.165) is 17.5 Å². The summed E-state index contributed by atoms with van der Waals surface area (Å²) in [6.45, 7) is 2.85. The zero-order valence-corrected chi connectivity index (χ0v) is 14.3. The molecule has 0 radical (unpaired) electrons. The van der Waals surface area contributed by atoms with Crippen LogP contribution in [-0.2, 0) is 22.6 Å². The Labute approximate surface area is 143 Å². The van der Waals surface area contributed by atoms with Crippen LogP contribution in [-0.4, -0.2) is 50.9 Å². The monoisotopic (exact) mass is 361 g/mol. The van der Waals surface area contributed by atoms with Gasteiger partial charge in [0.05, 0.1) is 12.1 Å². The van der Waals surface area contributed by atoms with Crippen LogP contribution < -0.4 is 0 Å². The Hall–Kier alpha value is -2.06. The van der Waals surface area contributed by atoms with Crippen molar-refractivity contribution in [2.75, 3.05) is 13.1 Å². The van der Waals surface area contributed by atoms with Crippen molar-refractivity contribution in [3.63, 3.8) is 0 Å². The highest BCUT2D eigenvalue weighted by molar-refractivity contribution is 5.79. The largest absolute Gasteiger partial charge is 0.481 e. The third kappa shape index (κ3) is 5.20. The molecule has 6 nitrogen and oxygen atoms in total. The van der Waals surface area contributed by atoms with E-state index in [-0.39, 0.29) is 24.7 Å². The van der Waals surface area contributed by atoms with E-state index in [9.17, 15) is 22.8 Å². The van der Waals surface area contributed by atoms with Gasteiger partial charge in [0.1, 0.15) is 6.54 Å². The molecule has 1 unspecified atom stereocenters. The number of piperidine rings is 1. The van der Waals surface area contributed by atoms with E-state index in [4.69, 9.17) is 5.11 Å². The molecule has 9 heteroatoms. The van der Waals surface area contributed by atoms with Crippen molar-refractivity contribution in [2.24, 2.45) is 5.92 Å². The van der Waals surface area contributed by atoms with Gasteiger partial charge in [0, 0.05) is 30.8 Å². The summed E-state index contributed by atoms with van der Waals surface area (Å²) in [5.41, 5.74) is 1.26. The van der Waals surface area contributed by atoms with E-state index in [0.29, 0.717) is 30.0 Å². The number of halogens is 3. The molecule has 0 aromatic carbocycles. The number of alkyl halides is 3. The number of carboxylic acid groups (broad SMARTS) is 1. The lowest BCUT2D eigenvalue weighted by Gasteiger charge is -2.32. The summed E-state index contributed by atoms with van der Waals surface area (Å²) in [4.78, 5) is 25.0. The topological polar surface area (TPSA) is 75.4 Å². The lowest BCUT2D eigenvalue weighted by molar-refractivity contribution is -0.143. The van der Waals surface area contributed by atoms with E-state index >= 15 is 0 Å². The number of carboxylic acids is 1. The highest BCUT2D eigenvalue weighted by Crippen LogP contribution is 2.23. The van der Waals surface area contributed by atoms with Gasteiger partial charge in [-0.25, -0.2) is 0 Å². The Bertz CT molecular complexity index is 655. The van der Waals surface area contributed by atoms with E-state index in [2.05, 4.69) is 5.10 Å². The van der Waals surface area contributed by atoms with Gasteiger partial charge in [-0.3, -0.25) is 14.3 Å². The summed E-state index contributed by atoms with van der Waals surface area (Å²) in [7, 11) is 0. The van der Waals surface area contributed by atoms with Crippen LogP contribution in [0.2, 0.25) is 0 Å². The summed E-state index contributed by atoms with van der Waals surface area (Å²) in [6.07, 6.45) is -2.88. The predicted octanol–water partition coefficient (Wildman–Crippen LogP) is 2.32. The number of likely N-dealkylation sites (tertiary alicyclic amines) is 1. The quantitative estimate of drug-likeness (QED) is 0.873. The molecule has 1 atom stereocenters. The summed E-state index contributed by atoms with van der Waals surface area (Å²) >= 11 is 0. The molecule has 25 heavy (non-hydrogen) atoms. The lowest BCUT2D eigenvalue weighted by Crippen LogP contribution is -2.41. The zero-order valence-electron chi connectivity index (χ0n) is 14.3. The summed E-state index contributed by atoms with van der Waals surface area (Å²) in [6, 6.07) is 0. The molecule has 1 aliphatic heterocycles. The maximum absolute atomic E-state index is 12.6. The van der Waals surface area contributed by atoms with Gasteiger partial charge in [0.15, 0.2) is 0 Å². The number of aliphatic carboxylic acids is 1. The first-order valence-electron chi connectivity index (χ1n) is 8.16. The van der Waals surface area contributed by atoms with Gasteiger partial charge in [-0.2, -0.15) is 18.3 Å². The van der Waals surface area contributed by atoms with Crippen LogP contribution in [0.25, 0.3) is 0 Å². The van der Waals surface area contributed by atoms with Crippen LogP contribution in [0.1, 0.15) is 36.2 Å². The Kier molecular flexibility index (Phi) is 5.74. The predicted molar refractivity (Wildman–Crippen MR) is 83.0 cm³/mol. The van der Waals surface area contributed by atoms with E-state index in [1.165, 1.54) is 6.92 Å². The van der Waals surface area contributed by atoms with Crippen LogP contribution in [0, 0.1) is 19.8 Å². The molecule has 0 aliphatic carbocycles. The Morgan fingerprint density at radius 2 is 2.00 bits per heavy atom. The van der Waals surface area contributed by atoms with Crippen molar-refractivity contribution in [1.82, 2.24) is 14.7 Å². The molecule has 1 aliphatic rings. The minimum Gasteiger partial charge on any atom is -0.481 e. The number of hydrogen-bond acceptors (Lipinski definition) is 3. The number of nitrogens with zero attached hydrogens (tertiary/aromatic N) is 3. The summed E-state index contributed by atoms with van der Waals surface area (Å²) < 4.78 is 38.6. The first-order valence-corrected chi connectivity index (χ1v) is 8.16. The number of aryl methyl sites for hydroxylation is 1. The Morgan fingerprint density at radius 3 is 2.60 bits per heavy atom. The number of aromatic nitrogens is 2. The average molecular weight is 361 g/mol. The average Bonchev–Trinajstić information content (AvgIpc) is 2.72. The van der Waals surface area contributed by atoms with Crippen LogP contribution in [0.5, 0.6) is 0 Å². The number of hydrogen-bond donors (Lipinski definition) is 1. The minimum absolute atomic E-state index is 0.0185. The van der Waals surface area contributed by atoms with Gasteiger partial charge in [-0.1, -0.05) is 0 Å². The molecule has 0 spiro atoms. The minimum atomic E-state index is -4.37. The fraction of sp³-hybridized carbons (Fsp3) is 0.688. The zero-order chi connectivity index (χ0) is 18.8. The van der Waals surface area contributed by atoms with Crippen LogP contribution >= 0.6 is 0 Å². The maximum Gasteiger partial charge on any atom is 0.408 e. The van der Waals surface area contributed by atoms with Gasteiger partial charge < -0.3 is 10.0 Å². The van der Waals surface area contributed by atoms with Crippen molar-refractivity contribution in [2.45, 2.75) is 52.3 Å². The third-order valence-electron chi connectivity index (χ3n) is 4.52. The molecular formula is C16H22F3N3O3. The second kappa shape index (κ2) is 7.45. The van der Waals surface area contributed by atoms with Crippen molar-refractivity contribution in [3.05, 3.63) is 17.0 Å². The number of carbonyl (C=O) groups excluding carboxylic acids is 1. The highest BCUT2D eigenvalue weighted by atomic mass is 19.4. The van der Waals surface area contributed by atoms with Crippen molar-refractivity contribution in [3.8, 4) is 0 Å². The fourth-order valence-corrected chi connectivity index (χ4v) is 3.28. The van der Waals surface area contributed by atoms with Crippen LogP contribution in [0.15, 0.2) is 0 Å². The molecule has 2 heterocycles. The van der Waals surface area contributed by atoms with Crippen LogP contribution in [0.4, 0.5) is 13.2 Å². The summed E-state index contributed by atoms with van der Waals surface area (Å²) in [5.74, 6) is -1.17. The maximum atomic E-state index is 12.6. The third-order valence-corrected chi connectivity index (χ3v) is 4.52. The number of amides is 1. The van der Waals surface area contributed by atoms with Crippen molar-refractivity contribution >= 4 is 11.9 Å². The first kappa shape index (κ1) is 19.3. The smallest absolute Gasteiger partial charge is 0.408 e. The Balaban J connectivity index is 2.06. The SMILES string of the molecule is Cc1nn(CC(F)(F)F)c(C)c1CC(=O)N1CCCC(CC(=O)O)C1. The van der Waals surface area contributed by atoms with Gasteiger partial charge in [0.2, 0.25) is 5.91 Å². The standard InChI is InChI=1S/C16H22F3N3O3/c1-10-13(11(2)22(20-10)9-16(17,18)19)7-14(23)21-5-3-4-12(8-21)6-15(24)25/h12H,3-9H2,1-2H3,(H,24,25). The van der Waals surface area contributed by atoms with E-state index in [1.54, 1.807) is 11.8 Å². The second-order valence-electron chi connectivity index (χ2n) is 6.54. The van der Waals surface area contributed by atoms with E-state index < -0.39 is 18.7 Å². The van der Waals surface area contributed by atoms with Crippen molar-refractivity contribution in [1.29, 1.82) is 0 Å². The molecule has 1 aromatic heterocycles. The lowest BCUT2D eigenvalue weighted by atomic mass is 9.94. The second-order valence-corrected chi connectivity index (χ2v) is 6.54. The van der Waals surface area contributed by atoms with Crippen LogP contribution in [0.3, 0.4) is 0 Å². The number of carbonyl (C=O) groups is 2. The molecule has 1 N–H and O–H groups in total. The van der Waals surface area contributed by atoms with Gasteiger partial charge in [0.25, 0.3) is 0 Å².